The third kappa shape index (κ3) is 5.62. The number of nitrogens with zero attached hydrogens (tertiary/aromatic N) is 12. The van der Waals surface area contributed by atoms with E-state index in [4.69, 9.17) is 34.9 Å². The highest BCUT2D eigenvalue weighted by Gasteiger charge is 2.22. The van der Waals surface area contributed by atoms with Gasteiger partial charge in [-0.15, -0.1) is 0 Å². The normalized spacial score (nSPS) is 11.6. The SMILES string of the molecule is c1ccc(Cn2cnc3c(-c4ccc(-c5ncnc6c5ncn6Cc5ccccc5)c(-c5ncnc6c5ncn6Cc5ccccc5)c4)ncnc32)cc1. The maximum atomic E-state index is 4.88. The Kier molecular flexibility index (Phi) is 7.68. The Morgan fingerprint density at radius 2 is 0.741 bits per heavy atom. The standard InChI is InChI=1S/C42H30N12/c1-4-10-28(11-5-1)19-52-25-49-37-34(43-22-46-40(37)52)31-16-17-32(35-38-41(47-23-44-35)53(26-50-38)20-29-12-6-2-7-13-29)33(18-31)36-39-42(48-24-45-36)54(27-51-39)21-30-14-8-3-9-15-30/h1-18,22-27H,19-21H2. The monoisotopic (exact) mass is 702 g/mol. The zero-order valence-corrected chi connectivity index (χ0v) is 28.8. The Bertz CT molecular complexity index is 2920. The lowest BCUT2D eigenvalue weighted by Gasteiger charge is -2.13. The van der Waals surface area contributed by atoms with Crippen LogP contribution in [0.5, 0.6) is 0 Å². The molecular formula is C42H30N12. The van der Waals surface area contributed by atoms with Crippen molar-refractivity contribution in [2.24, 2.45) is 0 Å². The predicted molar refractivity (Wildman–Crippen MR) is 206 cm³/mol. The van der Waals surface area contributed by atoms with Crippen LogP contribution in [0.1, 0.15) is 16.7 Å². The Morgan fingerprint density at radius 1 is 0.352 bits per heavy atom. The summed E-state index contributed by atoms with van der Waals surface area (Å²) in [5.74, 6) is 0. The second-order valence-electron chi connectivity index (χ2n) is 13.0. The molecule has 0 amide bonds. The lowest BCUT2D eigenvalue weighted by Crippen LogP contribution is -2.01. The van der Waals surface area contributed by atoms with Crippen LogP contribution >= 0.6 is 0 Å². The molecule has 0 atom stereocenters. The Morgan fingerprint density at radius 3 is 1.19 bits per heavy atom. The molecule has 0 aliphatic rings. The van der Waals surface area contributed by atoms with Gasteiger partial charge in [0, 0.05) is 16.7 Å². The van der Waals surface area contributed by atoms with Gasteiger partial charge in [-0.2, -0.15) is 0 Å². The molecule has 6 heterocycles. The Labute approximate surface area is 308 Å². The van der Waals surface area contributed by atoms with Crippen LogP contribution in [-0.4, -0.2) is 58.6 Å². The van der Waals surface area contributed by atoms with E-state index in [9.17, 15) is 0 Å². The van der Waals surface area contributed by atoms with E-state index in [-0.39, 0.29) is 0 Å². The topological polar surface area (TPSA) is 131 Å². The van der Waals surface area contributed by atoms with E-state index in [1.165, 1.54) is 0 Å². The summed E-state index contributed by atoms with van der Waals surface area (Å²) in [6, 6.07) is 37.0. The second kappa shape index (κ2) is 13.3. The van der Waals surface area contributed by atoms with Crippen molar-refractivity contribution in [2.75, 3.05) is 0 Å². The van der Waals surface area contributed by atoms with Crippen molar-refractivity contribution < 1.29 is 0 Å². The molecule has 0 aliphatic heterocycles. The van der Waals surface area contributed by atoms with Crippen LogP contribution in [0.3, 0.4) is 0 Å². The first-order chi connectivity index (χ1) is 26.8. The van der Waals surface area contributed by atoms with E-state index in [2.05, 4.69) is 52.4 Å². The van der Waals surface area contributed by atoms with Crippen LogP contribution < -0.4 is 0 Å². The van der Waals surface area contributed by atoms with Crippen molar-refractivity contribution in [3.05, 3.63) is 164 Å². The minimum absolute atomic E-state index is 0.622. The van der Waals surface area contributed by atoms with Gasteiger partial charge in [0.25, 0.3) is 0 Å². The molecule has 0 bridgehead atoms. The summed E-state index contributed by atoms with van der Waals surface area (Å²) >= 11 is 0. The largest absolute Gasteiger partial charge is 0.311 e. The number of rotatable bonds is 9. The molecule has 0 saturated heterocycles. The lowest BCUT2D eigenvalue weighted by molar-refractivity contribution is 0.813. The first-order valence-corrected chi connectivity index (χ1v) is 17.5. The first-order valence-electron chi connectivity index (χ1n) is 17.5. The molecule has 12 nitrogen and oxygen atoms in total. The van der Waals surface area contributed by atoms with E-state index in [0.717, 1.165) is 50.3 Å². The van der Waals surface area contributed by atoms with Crippen LogP contribution in [0.15, 0.2) is 147 Å². The van der Waals surface area contributed by atoms with E-state index < -0.39 is 0 Å². The molecule has 258 valence electrons. The average Bonchev–Trinajstić information content (AvgIpc) is 3.96. The van der Waals surface area contributed by atoms with Gasteiger partial charge in [0.1, 0.15) is 52.6 Å². The van der Waals surface area contributed by atoms with Gasteiger partial charge < -0.3 is 13.7 Å². The van der Waals surface area contributed by atoms with Crippen molar-refractivity contribution in [3.63, 3.8) is 0 Å². The highest BCUT2D eigenvalue weighted by molar-refractivity contribution is 6.00. The fraction of sp³-hybridized carbons (Fsp3) is 0.0714. The van der Waals surface area contributed by atoms with Gasteiger partial charge in [0.2, 0.25) is 0 Å². The van der Waals surface area contributed by atoms with Crippen LogP contribution in [0, 0.1) is 0 Å². The molecule has 54 heavy (non-hydrogen) atoms. The lowest BCUT2D eigenvalue weighted by atomic mass is 9.96. The maximum absolute atomic E-state index is 4.88. The minimum atomic E-state index is 0.622. The summed E-state index contributed by atoms with van der Waals surface area (Å²) in [5, 5.41) is 0. The molecule has 0 fully saturated rings. The molecule has 10 rings (SSSR count). The first kappa shape index (κ1) is 31.3. The molecule has 10 aromatic rings. The van der Waals surface area contributed by atoms with E-state index in [1.807, 2.05) is 99.4 Å². The van der Waals surface area contributed by atoms with Gasteiger partial charge in [0.05, 0.1) is 38.6 Å². The zero-order valence-electron chi connectivity index (χ0n) is 28.8. The number of hydrogen-bond donors (Lipinski definition) is 0. The number of benzene rings is 4. The molecule has 0 N–H and O–H groups in total. The van der Waals surface area contributed by atoms with Crippen molar-refractivity contribution in [1.29, 1.82) is 0 Å². The number of aromatic nitrogens is 12. The molecule has 0 unspecified atom stereocenters. The van der Waals surface area contributed by atoms with E-state index in [1.54, 1.807) is 19.0 Å². The molecule has 4 aromatic carbocycles. The smallest absolute Gasteiger partial charge is 0.164 e. The van der Waals surface area contributed by atoms with Gasteiger partial charge in [-0.05, 0) is 22.8 Å². The van der Waals surface area contributed by atoms with Crippen molar-refractivity contribution in [3.8, 4) is 33.8 Å². The predicted octanol–water partition coefficient (Wildman–Crippen LogP) is 7.25. The summed E-state index contributed by atoms with van der Waals surface area (Å²) in [6.07, 6.45) is 10.2. The molecule has 0 aliphatic carbocycles. The second-order valence-corrected chi connectivity index (χ2v) is 13.0. The van der Waals surface area contributed by atoms with Crippen LogP contribution in [0.2, 0.25) is 0 Å². The molecule has 12 heteroatoms. The summed E-state index contributed by atoms with van der Waals surface area (Å²) in [7, 11) is 0. The Balaban J connectivity index is 1.14. The molecule has 0 radical (unpaired) electrons. The number of fused-ring (bicyclic) bond motifs is 3. The van der Waals surface area contributed by atoms with Gasteiger partial charge in [-0.1, -0.05) is 103 Å². The van der Waals surface area contributed by atoms with Crippen LogP contribution in [-0.2, 0) is 19.6 Å². The number of imidazole rings is 3. The fourth-order valence-corrected chi connectivity index (χ4v) is 7.03. The van der Waals surface area contributed by atoms with Gasteiger partial charge in [-0.3, -0.25) is 0 Å². The highest BCUT2D eigenvalue weighted by Crippen LogP contribution is 2.39. The number of hydrogen-bond acceptors (Lipinski definition) is 9. The summed E-state index contributed by atoms with van der Waals surface area (Å²) in [6.45, 7) is 1.89. The van der Waals surface area contributed by atoms with Gasteiger partial charge >= 0.3 is 0 Å². The third-order valence-electron chi connectivity index (χ3n) is 9.59. The summed E-state index contributed by atoms with van der Waals surface area (Å²) in [5.41, 5.74) is 12.3. The highest BCUT2D eigenvalue weighted by atomic mass is 15.1. The van der Waals surface area contributed by atoms with Gasteiger partial charge in [0.15, 0.2) is 16.9 Å². The van der Waals surface area contributed by atoms with E-state index >= 15 is 0 Å². The quantitative estimate of drug-likeness (QED) is 0.153. The van der Waals surface area contributed by atoms with E-state index in [0.29, 0.717) is 53.3 Å². The fourth-order valence-electron chi connectivity index (χ4n) is 7.03. The minimum Gasteiger partial charge on any atom is -0.311 e. The molecule has 0 saturated carbocycles. The zero-order chi connectivity index (χ0) is 35.8. The molecular weight excluding hydrogens is 673 g/mol. The Hall–Kier alpha value is -7.47. The summed E-state index contributed by atoms with van der Waals surface area (Å²) in [4.78, 5) is 43.0. The maximum Gasteiger partial charge on any atom is 0.164 e. The van der Waals surface area contributed by atoms with Crippen LogP contribution in [0.25, 0.3) is 67.3 Å². The third-order valence-corrected chi connectivity index (χ3v) is 9.59. The summed E-state index contributed by atoms with van der Waals surface area (Å²) < 4.78 is 6.13. The van der Waals surface area contributed by atoms with Crippen LogP contribution in [0.4, 0.5) is 0 Å². The van der Waals surface area contributed by atoms with Gasteiger partial charge in [-0.25, -0.2) is 44.9 Å². The molecule has 0 spiro atoms. The van der Waals surface area contributed by atoms with Crippen molar-refractivity contribution in [1.82, 2.24) is 58.6 Å². The van der Waals surface area contributed by atoms with Crippen molar-refractivity contribution in [2.45, 2.75) is 19.6 Å². The van der Waals surface area contributed by atoms with Crippen molar-refractivity contribution >= 4 is 33.5 Å². The molecule has 6 aromatic heterocycles. The average molecular weight is 703 g/mol.